The topological polar surface area (TPSA) is 38.9 Å². The van der Waals surface area contributed by atoms with Gasteiger partial charge in [-0.3, -0.25) is 0 Å². The number of anilines is 1. The van der Waals surface area contributed by atoms with Gasteiger partial charge in [0, 0.05) is 9.75 Å². The van der Waals surface area contributed by atoms with Gasteiger partial charge >= 0.3 is 0 Å². The second-order valence-corrected chi connectivity index (χ2v) is 7.19. The number of hydrogen-bond donors (Lipinski definition) is 1. The highest BCUT2D eigenvalue weighted by Crippen LogP contribution is 2.37. The number of aromatic nitrogens is 1. The third kappa shape index (κ3) is 2.13. The first kappa shape index (κ1) is 11.6. The van der Waals surface area contributed by atoms with E-state index in [4.69, 9.17) is 5.73 Å². The highest BCUT2D eigenvalue weighted by molar-refractivity contribution is 7.18. The van der Waals surface area contributed by atoms with Gasteiger partial charge in [0.15, 0.2) is 5.13 Å². The highest BCUT2D eigenvalue weighted by Gasteiger charge is 2.18. The Bertz CT molecular complexity index is 503. The molecule has 2 aromatic heterocycles. The van der Waals surface area contributed by atoms with E-state index in [0.717, 1.165) is 5.69 Å². The fraction of sp³-hybridized carbons (Fsp3) is 0.417. The van der Waals surface area contributed by atoms with Crippen LogP contribution < -0.4 is 5.73 Å². The molecule has 2 rings (SSSR count). The zero-order valence-corrected chi connectivity index (χ0v) is 11.6. The number of nitrogen functional groups attached to an aromatic ring is 1. The highest BCUT2D eigenvalue weighted by atomic mass is 32.1. The normalized spacial score (nSPS) is 12.0. The Balaban J connectivity index is 2.43. The van der Waals surface area contributed by atoms with Crippen LogP contribution in [0.15, 0.2) is 12.1 Å². The monoisotopic (exact) mass is 252 g/mol. The van der Waals surface area contributed by atoms with Gasteiger partial charge in [0.05, 0.1) is 10.6 Å². The molecule has 0 aliphatic rings. The first-order valence-corrected chi connectivity index (χ1v) is 6.85. The summed E-state index contributed by atoms with van der Waals surface area (Å²) in [4.78, 5) is 8.18. The van der Waals surface area contributed by atoms with E-state index in [-0.39, 0.29) is 5.41 Å². The molecule has 0 atom stereocenters. The molecular weight excluding hydrogens is 236 g/mol. The number of rotatable bonds is 1. The average molecular weight is 252 g/mol. The molecule has 0 spiro atoms. The van der Waals surface area contributed by atoms with Crippen molar-refractivity contribution >= 4 is 27.8 Å². The summed E-state index contributed by atoms with van der Waals surface area (Å²) >= 11 is 3.36. The van der Waals surface area contributed by atoms with Gasteiger partial charge in [-0.25, -0.2) is 4.98 Å². The summed E-state index contributed by atoms with van der Waals surface area (Å²) in [6, 6.07) is 4.34. The summed E-state index contributed by atoms with van der Waals surface area (Å²) in [7, 11) is 0. The average Bonchev–Trinajstić information content (AvgIpc) is 2.70. The molecule has 0 fully saturated rings. The first-order valence-electron chi connectivity index (χ1n) is 5.21. The molecule has 0 aliphatic carbocycles. The molecule has 16 heavy (non-hydrogen) atoms. The van der Waals surface area contributed by atoms with Gasteiger partial charge in [-0.15, -0.1) is 22.7 Å². The molecule has 0 bridgehead atoms. The third-order valence-electron chi connectivity index (χ3n) is 2.39. The number of thiazole rings is 1. The van der Waals surface area contributed by atoms with Crippen LogP contribution in [-0.2, 0) is 5.41 Å². The van der Waals surface area contributed by atoms with Gasteiger partial charge in [0.1, 0.15) is 0 Å². The summed E-state index contributed by atoms with van der Waals surface area (Å²) in [5.41, 5.74) is 6.97. The van der Waals surface area contributed by atoms with E-state index in [1.807, 2.05) is 11.3 Å². The Labute approximate surface area is 104 Å². The van der Waals surface area contributed by atoms with Crippen molar-refractivity contribution in [1.29, 1.82) is 0 Å². The maximum absolute atomic E-state index is 5.72. The van der Waals surface area contributed by atoms with Gasteiger partial charge in [0.25, 0.3) is 0 Å². The van der Waals surface area contributed by atoms with Gasteiger partial charge < -0.3 is 5.73 Å². The second kappa shape index (κ2) is 3.86. The Morgan fingerprint density at radius 3 is 2.31 bits per heavy atom. The van der Waals surface area contributed by atoms with Crippen LogP contribution in [-0.4, -0.2) is 4.98 Å². The Kier molecular flexibility index (Phi) is 2.80. The summed E-state index contributed by atoms with van der Waals surface area (Å²) < 4.78 is 0. The fourth-order valence-electron chi connectivity index (χ4n) is 1.51. The lowest BCUT2D eigenvalue weighted by Crippen LogP contribution is -2.07. The molecule has 2 nitrogen and oxygen atoms in total. The Morgan fingerprint density at radius 1 is 1.19 bits per heavy atom. The summed E-state index contributed by atoms with van der Waals surface area (Å²) in [5, 5.41) is 0.651. The maximum atomic E-state index is 5.72. The number of hydrogen-bond acceptors (Lipinski definition) is 4. The van der Waals surface area contributed by atoms with Gasteiger partial charge in [-0.1, -0.05) is 20.8 Å². The number of thiophene rings is 1. The van der Waals surface area contributed by atoms with Crippen molar-refractivity contribution in [2.75, 3.05) is 5.73 Å². The van der Waals surface area contributed by atoms with Gasteiger partial charge in [0.2, 0.25) is 0 Å². The minimum absolute atomic E-state index is 0.207. The van der Waals surface area contributed by atoms with E-state index in [1.165, 1.54) is 14.6 Å². The minimum atomic E-state index is 0.207. The molecule has 2 N–H and O–H groups in total. The van der Waals surface area contributed by atoms with E-state index in [0.29, 0.717) is 5.13 Å². The molecule has 86 valence electrons. The van der Waals surface area contributed by atoms with Crippen molar-refractivity contribution in [3.05, 3.63) is 21.9 Å². The predicted molar refractivity (Wildman–Crippen MR) is 73.3 cm³/mol. The Hall–Kier alpha value is -0.870. The van der Waals surface area contributed by atoms with Crippen molar-refractivity contribution in [2.24, 2.45) is 0 Å². The lowest BCUT2D eigenvalue weighted by Gasteiger charge is -2.15. The van der Waals surface area contributed by atoms with E-state index >= 15 is 0 Å². The van der Waals surface area contributed by atoms with Crippen molar-refractivity contribution in [2.45, 2.75) is 33.1 Å². The van der Waals surface area contributed by atoms with E-state index in [9.17, 15) is 0 Å². The lowest BCUT2D eigenvalue weighted by atomic mass is 9.95. The molecule has 2 aromatic rings. The second-order valence-electron chi connectivity index (χ2n) is 4.87. The largest absolute Gasteiger partial charge is 0.375 e. The standard InChI is InChI=1S/C12H16N2S2/c1-7-10(14-11(13)15-7)8-5-6-9(16-8)12(2,3)4/h5-6H,1-4H3,(H2,13,14). The number of nitrogens with two attached hydrogens (primary N) is 1. The first-order chi connectivity index (χ1) is 7.38. The van der Waals surface area contributed by atoms with Crippen molar-refractivity contribution < 1.29 is 0 Å². The minimum Gasteiger partial charge on any atom is -0.375 e. The molecule has 0 amide bonds. The quantitative estimate of drug-likeness (QED) is 0.831. The molecular formula is C12H16N2S2. The van der Waals surface area contributed by atoms with Gasteiger partial charge in [-0.05, 0) is 24.5 Å². The van der Waals surface area contributed by atoms with Crippen LogP contribution in [0.4, 0.5) is 5.13 Å². The van der Waals surface area contributed by atoms with Gasteiger partial charge in [-0.2, -0.15) is 0 Å². The van der Waals surface area contributed by atoms with Crippen molar-refractivity contribution in [3.8, 4) is 10.6 Å². The Morgan fingerprint density at radius 2 is 1.88 bits per heavy atom. The van der Waals surface area contributed by atoms with Crippen LogP contribution in [0, 0.1) is 6.92 Å². The van der Waals surface area contributed by atoms with Crippen LogP contribution in [0.25, 0.3) is 10.6 Å². The van der Waals surface area contributed by atoms with Crippen LogP contribution >= 0.6 is 22.7 Å². The summed E-state index contributed by atoms with van der Waals surface area (Å²) in [5.74, 6) is 0. The van der Waals surface area contributed by atoms with Crippen molar-refractivity contribution in [3.63, 3.8) is 0 Å². The van der Waals surface area contributed by atoms with Crippen LogP contribution in [0.5, 0.6) is 0 Å². The molecule has 2 heterocycles. The molecule has 0 saturated heterocycles. The summed E-state index contributed by atoms with van der Waals surface area (Å²) in [6.45, 7) is 8.75. The van der Waals surface area contributed by atoms with Crippen LogP contribution in [0.3, 0.4) is 0 Å². The summed E-state index contributed by atoms with van der Waals surface area (Å²) in [6.07, 6.45) is 0. The number of aryl methyl sites for hydroxylation is 1. The molecule has 0 aromatic carbocycles. The van der Waals surface area contributed by atoms with E-state index in [2.05, 4.69) is 44.8 Å². The molecule has 0 saturated carbocycles. The van der Waals surface area contributed by atoms with Crippen molar-refractivity contribution in [1.82, 2.24) is 4.98 Å². The molecule has 0 aliphatic heterocycles. The lowest BCUT2D eigenvalue weighted by molar-refractivity contribution is 0.604. The zero-order valence-electron chi connectivity index (χ0n) is 10.00. The van der Waals surface area contributed by atoms with E-state index < -0.39 is 0 Å². The fourth-order valence-corrected chi connectivity index (χ4v) is 3.39. The SMILES string of the molecule is Cc1sc(N)nc1-c1ccc(C(C)(C)C)s1. The van der Waals surface area contributed by atoms with E-state index in [1.54, 1.807) is 11.3 Å². The van der Waals surface area contributed by atoms with Crippen LogP contribution in [0.1, 0.15) is 30.5 Å². The third-order valence-corrected chi connectivity index (χ3v) is 4.71. The smallest absolute Gasteiger partial charge is 0.180 e. The molecule has 0 unspecified atom stereocenters. The maximum Gasteiger partial charge on any atom is 0.180 e. The molecule has 4 heteroatoms. The zero-order chi connectivity index (χ0) is 11.9. The van der Waals surface area contributed by atoms with Crippen LogP contribution in [0.2, 0.25) is 0 Å². The molecule has 0 radical (unpaired) electrons. The predicted octanol–water partition coefficient (Wildman–Crippen LogP) is 4.06. The number of nitrogens with zero attached hydrogens (tertiary/aromatic N) is 1.